The maximum absolute atomic E-state index is 12.7. The number of nitrogens with zero attached hydrogens (tertiary/aromatic N) is 1. The standard InChI is InChI=1S/C14H21FN2O/c1-10(13-7-6-12(15)8-17-13)16-9-14(18)11-4-2-3-5-11/h6-8,10-11,14,16,18H,2-5,9H2,1H3. The largest absolute Gasteiger partial charge is 0.392 e. The third kappa shape index (κ3) is 3.50. The minimum Gasteiger partial charge on any atom is -0.392 e. The summed E-state index contributed by atoms with van der Waals surface area (Å²) in [5, 5.41) is 13.3. The number of aliphatic hydroxyl groups is 1. The Labute approximate surface area is 107 Å². The molecule has 0 amide bonds. The zero-order valence-corrected chi connectivity index (χ0v) is 10.8. The predicted octanol–water partition coefficient (Wildman–Crippen LogP) is 2.42. The van der Waals surface area contributed by atoms with Crippen molar-refractivity contribution >= 4 is 0 Å². The molecular weight excluding hydrogens is 231 g/mol. The average Bonchev–Trinajstić information content (AvgIpc) is 2.90. The molecule has 1 aliphatic carbocycles. The van der Waals surface area contributed by atoms with E-state index in [9.17, 15) is 9.50 Å². The van der Waals surface area contributed by atoms with Crippen LogP contribution in [0, 0.1) is 11.7 Å². The smallest absolute Gasteiger partial charge is 0.141 e. The van der Waals surface area contributed by atoms with Crippen molar-refractivity contribution < 1.29 is 9.50 Å². The van der Waals surface area contributed by atoms with E-state index < -0.39 is 0 Å². The second-order valence-electron chi connectivity index (χ2n) is 5.14. The number of aromatic nitrogens is 1. The maximum Gasteiger partial charge on any atom is 0.141 e. The zero-order valence-electron chi connectivity index (χ0n) is 10.8. The van der Waals surface area contributed by atoms with E-state index in [4.69, 9.17) is 0 Å². The summed E-state index contributed by atoms with van der Waals surface area (Å²) in [5.74, 6) is 0.114. The summed E-state index contributed by atoms with van der Waals surface area (Å²) in [4.78, 5) is 4.03. The van der Waals surface area contributed by atoms with Crippen LogP contribution in [0.25, 0.3) is 0 Å². The number of hydrogen-bond acceptors (Lipinski definition) is 3. The molecule has 2 N–H and O–H groups in total. The second kappa shape index (κ2) is 6.25. The van der Waals surface area contributed by atoms with E-state index in [1.807, 2.05) is 6.92 Å². The van der Waals surface area contributed by atoms with E-state index >= 15 is 0 Å². The van der Waals surface area contributed by atoms with Crippen LogP contribution < -0.4 is 5.32 Å². The lowest BCUT2D eigenvalue weighted by Crippen LogP contribution is -2.33. The van der Waals surface area contributed by atoms with Gasteiger partial charge in [-0.1, -0.05) is 12.8 Å². The minimum absolute atomic E-state index is 0.0293. The Morgan fingerprint density at radius 2 is 2.17 bits per heavy atom. The molecule has 1 fully saturated rings. The molecule has 3 nitrogen and oxygen atoms in total. The first-order valence-corrected chi connectivity index (χ1v) is 6.69. The Morgan fingerprint density at radius 3 is 2.78 bits per heavy atom. The Balaban J connectivity index is 1.80. The first-order valence-electron chi connectivity index (χ1n) is 6.69. The van der Waals surface area contributed by atoms with Crippen LogP contribution in [0.1, 0.15) is 44.3 Å². The quantitative estimate of drug-likeness (QED) is 0.846. The molecule has 0 saturated heterocycles. The molecule has 0 aliphatic heterocycles. The van der Waals surface area contributed by atoms with Crippen LogP contribution in [0.5, 0.6) is 0 Å². The Morgan fingerprint density at radius 1 is 1.44 bits per heavy atom. The molecule has 0 aromatic carbocycles. The van der Waals surface area contributed by atoms with Crippen LogP contribution >= 0.6 is 0 Å². The molecule has 2 atom stereocenters. The lowest BCUT2D eigenvalue weighted by molar-refractivity contribution is 0.106. The van der Waals surface area contributed by atoms with Gasteiger partial charge in [0.15, 0.2) is 0 Å². The van der Waals surface area contributed by atoms with E-state index in [0.29, 0.717) is 12.5 Å². The van der Waals surface area contributed by atoms with Gasteiger partial charge in [0.1, 0.15) is 5.82 Å². The fourth-order valence-corrected chi connectivity index (χ4v) is 2.55. The third-order valence-corrected chi connectivity index (χ3v) is 3.77. The highest BCUT2D eigenvalue weighted by Crippen LogP contribution is 2.27. The number of nitrogens with one attached hydrogen (secondary N) is 1. The highest BCUT2D eigenvalue weighted by atomic mass is 19.1. The summed E-state index contributed by atoms with van der Waals surface area (Å²) in [6.07, 6.45) is 5.67. The number of pyridine rings is 1. The van der Waals surface area contributed by atoms with Crippen LogP contribution in [-0.4, -0.2) is 22.7 Å². The summed E-state index contributed by atoms with van der Waals surface area (Å²) in [7, 11) is 0. The molecule has 1 aromatic rings. The van der Waals surface area contributed by atoms with Gasteiger partial charge in [-0.25, -0.2) is 4.39 Å². The monoisotopic (exact) mass is 252 g/mol. The van der Waals surface area contributed by atoms with Crippen molar-refractivity contribution in [1.29, 1.82) is 0 Å². The lowest BCUT2D eigenvalue weighted by atomic mass is 10.0. The fraction of sp³-hybridized carbons (Fsp3) is 0.643. The second-order valence-corrected chi connectivity index (χ2v) is 5.14. The van der Waals surface area contributed by atoms with E-state index in [1.54, 1.807) is 6.07 Å². The molecule has 1 saturated carbocycles. The van der Waals surface area contributed by atoms with Crippen molar-refractivity contribution in [2.45, 2.75) is 44.8 Å². The highest BCUT2D eigenvalue weighted by molar-refractivity contribution is 5.08. The van der Waals surface area contributed by atoms with E-state index in [0.717, 1.165) is 18.5 Å². The molecule has 18 heavy (non-hydrogen) atoms. The third-order valence-electron chi connectivity index (χ3n) is 3.77. The molecule has 1 aliphatic rings. The summed E-state index contributed by atoms with van der Waals surface area (Å²) >= 11 is 0. The van der Waals surface area contributed by atoms with Gasteiger partial charge in [0, 0.05) is 12.6 Å². The van der Waals surface area contributed by atoms with Crippen molar-refractivity contribution in [3.8, 4) is 0 Å². The number of aliphatic hydroxyl groups excluding tert-OH is 1. The molecule has 4 heteroatoms. The first-order chi connectivity index (χ1) is 8.66. The molecule has 0 bridgehead atoms. The van der Waals surface area contributed by atoms with E-state index in [1.165, 1.54) is 25.1 Å². The van der Waals surface area contributed by atoms with Gasteiger partial charge in [0.2, 0.25) is 0 Å². The highest BCUT2D eigenvalue weighted by Gasteiger charge is 2.23. The van der Waals surface area contributed by atoms with Gasteiger partial charge in [0.05, 0.1) is 18.0 Å². The van der Waals surface area contributed by atoms with E-state index in [2.05, 4.69) is 10.3 Å². The van der Waals surface area contributed by atoms with Crippen LogP contribution in [0.3, 0.4) is 0 Å². The Kier molecular flexibility index (Phi) is 4.66. The van der Waals surface area contributed by atoms with E-state index in [-0.39, 0.29) is 18.0 Å². The van der Waals surface area contributed by atoms with Gasteiger partial charge in [-0.05, 0) is 37.8 Å². The number of halogens is 1. The van der Waals surface area contributed by atoms with Gasteiger partial charge < -0.3 is 10.4 Å². The zero-order chi connectivity index (χ0) is 13.0. The minimum atomic E-state index is -0.322. The van der Waals surface area contributed by atoms with Crippen LogP contribution in [0.2, 0.25) is 0 Å². The summed E-state index contributed by atoms with van der Waals surface area (Å²) in [6.45, 7) is 2.55. The van der Waals surface area contributed by atoms with Crippen LogP contribution in [-0.2, 0) is 0 Å². The van der Waals surface area contributed by atoms with Crippen molar-refractivity contribution in [3.63, 3.8) is 0 Å². The number of rotatable bonds is 5. The molecule has 1 heterocycles. The molecule has 2 unspecified atom stereocenters. The van der Waals surface area contributed by atoms with Crippen LogP contribution in [0.15, 0.2) is 18.3 Å². The number of hydrogen-bond donors (Lipinski definition) is 2. The van der Waals surface area contributed by atoms with Gasteiger partial charge in [-0.3, -0.25) is 4.98 Å². The van der Waals surface area contributed by atoms with Gasteiger partial charge in [0.25, 0.3) is 0 Å². The van der Waals surface area contributed by atoms with Crippen LogP contribution in [0.4, 0.5) is 4.39 Å². The molecule has 1 aromatic heterocycles. The summed E-state index contributed by atoms with van der Waals surface area (Å²) in [5.41, 5.74) is 0.801. The molecule has 2 rings (SSSR count). The van der Waals surface area contributed by atoms with Crippen molar-refractivity contribution in [1.82, 2.24) is 10.3 Å². The Bertz CT molecular complexity index is 363. The molecular formula is C14H21FN2O. The molecule has 0 radical (unpaired) electrons. The topological polar surface area (TPSA) is 45.1 Å². The van der Waals surface area contributed by atoms with Gasteiger partial charge in [-0.2, -0.15) is 0 Å². The summed E-state index contributed by atoms with van der Waals surface area (Å²) in [6, 6.07) is 3.12. The van der Waals surface area contributed by atoms with Crippen molar-refractivity contribution in [3.05, 3.63) is 29.8 Å². The molecule has 100 valence electrons. The molecule has 0 spiro atoms. The van der Waals surface area contributed by atoms with Crippen molar-refractivity contribution in [2.24, 2.45) is 5.92 Å². The predicted molar refractivity (Wildman–Crippen MR) is 68.6 cm³/mol. The summed E-state index contributed by atoms with van der Waals surface area (Å²) < 4.78 is 12.7. The van der Waals surface area contributed by atoms with Gasteiger partial charge >= 0.3 is 0 Å². The Hall–Kier alpha value is -1.00. The fourth-order valence-electron chi connectivity index (χ4n) is 2.55. The maximum atomic E-state index is 12.7. The lowest BCUT2D eigenvalue weighted by Gasteiger charge is -2.21. The van der Waals surface area contributed by atoms with Gasteiger partial charge in [-0.15, -0.1) is 0 Å². The average molecular weight is 252 g/mol. The SMILES string of the molecule is CC(NCC(O)C1CCCC1)c1ccc(F)cn1. The normalized spacial score (nSPS) is 19.9. The van der Waals surface area contributed by atoms with Crippen molar-refractivity contribution in [2.75, 3.05) is 6.54 Å². The first kappa shape index (κ1) is 13.4.